The number of aromatic nitrogens is 1. The van der Waals surface area contributed by atoms with E-state index in [1.165, 1.54) is 6.07 Å². The molecule has 0 saturated carbocycles. The Bertz CT molecular complexity index is 979. The maximum Gasteiger partial charge on any atom is 0.268 e. The Kier molecular flexibility index (Phi) is 4.93. The lowest BCUT2D eigenvalue weighted by Gasteiger charge is -2.21. The molecule has 0 aliphatic carbocycles. The van der Waals surface area contributed by atoms with Crippen LogP contribution < -0.4 is 5.32 Å². The second-order valence-corrected chi connectivity index (χ2v) is 8.08. The number of hydrogen-bond acceptors (Lipinski definition) is 3. The van der Waals surface area contributed by atoms with E-state index in [1.54, 1.807) is 30.0 Å². The number of nitrogens with zero attached hydrogens (tertiary/aromatic N) is 1. The first-order valence-electron chi connectivity index (χ1n) is 8.96. The molecule has 1 saturated heterocycles. The highest BCUT2D eigenvalue weighted by atomic mass is 32.2. The number of para-hydroxylation sites is 1. The molecule has 1 aliphatic heterocycles. The smallest absolute Gasteiger partial charge is 0.268 e. The highest BCUT2D eigenvalue weighted by Gasteiger charge is 2.32. The second kappa shape index (κ2) is 7.37. The van der Waals surface area contributed by atoms with Crippen molar-refractivity contribution >= 4 is 28.6 Å². The van der Waals surface area contributed by atoms with Crippen molar-refractivity contribution in [3.8, 4) is 0 Å². The monoisotopic (exact) mass is 384 g/mol. The molecule has 0 unspecified atom stereocenters. The summed E-state index contributed by atoms with van der Waals surface area (Å²) in [6, 6.07) is 16.1. The van der Waals surface area contributed by atoms with E-state index < -0.39 is 5.60 Å². The molecule has 4 rings (SSSR count). The molecule has 0 radical (unpaired) electrons. The van der Waals surface area contributed by atoms with Crippen LogP contribution in [0.15, 0.2) is 54.6 Å². The summed E-state index contributed by atoms with van der Waals surface area (Å²) in [6.45, 7) is 0.489. The largest absolute Gasteiger partial charge is 0.387 e. The van der Waals surface area contributed by atoms with Gasteiger partial charge in [-0.15, -0.1) is 0 Å². The van der Waals surface area contributed by atoms with Gasteiger partial charge in [-0.25, -0.2) is 4.39 Å². The van der Waals surface area contributed by atoms with Crippen LogP contribution in [0.5, 0.6) is 0 Å². The lowest BCUT2D eigenvalue weighted by molar-refractivity contribution is 0.0609. The molecule has 2 aromatic carbocycles. The number of halogens is 1. The first-order chi connectivity index (χ1) is 13.1. The van der Waals surface area contributed by atoms with Gasteiger partial charge in [0, 0.05) is 28.8 Å². The van der Waals surface area contributed by atoms with E-state index in [2.05, 4.69) is 5.32 Å². The quantitative estimate of drug-likeness (QED) is 0.709. The summed E-state index contributed by atoms with van der Waals surface area (Å²) in [5.74, 6) is 0.984. The number of nitrogens with one attached hydrogen (secondary N) is 1. The van der Waals surface area contributed by atoms with Gasteiger partial charge < -0.3 is 15.0 Å². The fourth-order valence-corrected chi connectivity index (χ4v) is 4.73. The van der Waals surface area contributed by atoms with Gasteiger partial charge in [-0.3, -0.25) is 4.79 Å². The molecule has 1 aliphatic rings. The topological polar surface area (TPSA) is 54.3 Å². The van der Waals surface area contributed by atoms with Gasteiger partial charge >= 0.3 is 0 Å². The molecular weight excluding hydrogens is 363 g/mol. The van der Waals surface area contributed by atoms with Crippen molar-refractivity contribution in [2.45, 2.75) is 18.6 Å². The predicted octanol–water partition coefficient (Wildman–Crippen LogP) is 3.43. The van der Waals surface area contributed by atoms with E-state index in [4.69, 9.17) is 0 Å². The third-order valence-corrected chi connectivity index (χ3v) is 6.22. The SMILES string of the molecule is O=C(NC[C@]1(O)CCSC1)c1cc2ccccc2n1Cc1ccccc1F. The zero-order chi connectivity index (χ0) is 18.9. The predicted molar refractivity (Wildman–Crippen MR) is 107 cm³/mol. The Morgan fingerprint density at radius 1 is 1.22 bits per heavy atom. The van der Waals surface area contributed by atoms with Crippen LogP contribution in [0, 0.1) is 5.82 Å². The van der Waals surface area contributed by atoms with Gasteiger partial charge in [0.2, 0.25) is 0 Å². The highest BCUT2D eigenvalue weighted by Crippen LogP contribution is 2.27. The minimum Gasteiger partial charge on any atom is -0.387 e. The van der Waals surface area contributed by atoms with Crippen molar-refractivity contribution < 1.29 is 14.3 Å². The normalized spacial score (nSPS) is 19.5. The number of aliphatic hydroxyl groups is 1. The van der Waals surface area contributed by atoms with Crippen LogP contribution in [0.1, 0.15) is 22.5 Å². The lowest BCUT2D eigenvalue weighted by atomic mass is 10.0. The van der Waals surface area contributed by atoms with Crippen molar-refractivity contribution in [2.75, 3.05) is 18.1 Å². The van der Waals surface area contributed by atoms with Crippen LogP contribution in [0.4, 0.5) is 4.39 Å². The van der Waals surface area contributed by atoms with Crippen LogP contribution in [-0.2, 0) is 6.54 Å². The minimum atomic E-state index is -0.845. The van der Waals surface area contributed by atoms with E-state index in [9.17, 15) is 14.3 Å². The molecule has 3 aromatic rings. The molecule has 0 spiro atoms. The Hall–Kier alpha value is -2.31. The third-order valence-electron chi connectivity index (χ3n) is 4.99. The first-order valence-corrected chi connectivity index (χ1v) is 10.1. The van der Waals surface area contributed by atoms with Gasteiger partial charge in [-0.2, -0.15) is 11.8 Å². The molecule has 1 atom stereocenters. The zero-order valence-electron chi connectivity index (χ0n) is 14.8. The summed E-state index contributed by atoms with van der Waals surface area (Å²) in [7, 11) is 0. The summed E-state index contributed by atoms with van der Waals surface area (Å²) in [4.78, 5) is 12.9. The number of fused-ring (bicyclic) bond motifs is 1. The van der Waals surface area contributed by atoms with Crippen molar-refractivity contribution in [1.82, 2.24) is 9.88 Å². The lowest BCUT2D eigenvalue weighted by Crippen LogP contribution is -2.43. The van der Waals surface area contributed by atoms with Gasteiger partial charge in [-0.05, 0) is 30.4 Å². The van der Waals surface area contributed by atoms with Crippen molar-refractivity contribution in [3.05, 3.63) is 71.7 Å². The molecular formula is C21H21FN2O2S. The van der Waals surface area contributed by atoms with E-state index in [0.29, 0.717) is 23.4 Å². The number of amides is 1. The summed E-state index contributed by atoms with van der Waals surface area (Å²) >= 11 is 1.69. The van der Waals surface area contributed by atoms with Crippen molar-refractivity contribution in [1.29, 1.82) is 0 Å². The maximum absolute atomic E-state index is 14.2. The average Bonchev–Trinajstić information content (AvgIpc) is 3.26. The molecule has 27 heavy (non-hydrogen) atoms. The Labute approximate surface area is 161 Å². The molecule has 4 nitrogen and oxygen atoms in total. The van der Waals surface area contributed by atoms with Gasteiger partial charge in [0.25, 0.3) is 5.91 Å². The van der Waals surface area contributed by atoms with Crippen molar-refractivity contribution in [2.24, 2.45) is 0 Å². The summed E-state index contributed by atoms with van der Waals surface area (Å²) in [5.41, 5.74) is 1.02. The standard InChI is InChI=1S/C21H21FN2O2S/c22-17-7-3-1-6-16(17)12-24-18-8-4-2-5-15(18)11-19(24)20(25)23-13-21(26)9-10-27-14-21/h1-8,11,26H,9-10,12-14H2,(H,23,25)/t21-/m1/s1. The summed E-state index contributed by atoms with van der Waals surface area (Å²) < 4.78 is 16.0. The van der Waals surface area contributed by atoms with Gasteiger partial charge in [-0.1, -0.05) is 36.4 Å². The number of benzene rings is 2. The average molecular weight is 384 g/mol. The zero-order valence-corrected chi connectivity index (χ0v) is 15.6. The molecule has 1 aromatic heterocycles. The number of hydrogen-bond donors (Lipinski definition) is 2. The van der Waals surface area contributed by atoms with E-state index >= 15 is 0 Å². The molecule has 6 heteroatoms. The third kappa shape index (κ3) is 3.73. The number of carbonyl (C=O) groups is 1. The van der Waals surface area contributed by atoms with E-state index in [0.717, 1.165) is 16.7 Å². The van der Waals surface area contributed by atoms with Gasteiger partial charge in [0.05, 0.1) is 12.1 Å². The highest BCUT2D eigenvalue weighted by molar-refractivity contribution is 7.99. The number of rotatable bonds is 5. The Morgan fingerprint density at radius 3 is 2.78 bits per heavy atom. The van der Waals surface area contributed by atoms with Gasteiger partial charge in [0.1, 0.15) is 11.5 Å². The van der Waals surface area contributed by atoms with E-state index in [1.807, 2.05) is 34.9 Å². The maximum atomic E-state index is 14.2. The fraction of sp³-hybridized carbons (Fsp3) is 0.286. The van der Waals surface area contributed by atoms with Crippen LogP contribution in [0.2, 0.25) is 0 Å². The molecule has 1 fully saturated rings. The Morgan fingerprint density at radius 2 is 2.00 bits per heavy atom. The first kappa shape index (κ1) is 18.1. The second-order valence-electron chi connectivity index (χ2n) is 6.98. The molecule has 2 heterocycles. The van der Waals surface area contributed by atoms with E-state index in [-0.39, 0.29) is 24.8 Å². The fourth-order valence-electron chi connectivity index (χ4n) is 3.44. The van der Waals surface area contributed by atoms with Gasteiger partial charge in [0.15, 0.2) is 0 Å². The number of carbonyl (C=O) groups excluding carboxylic acids is 1. The summed E-state index contributed by atoms with van der Waals surface area (Å²) in [6.07, 6.45) is 0.677. The van der Waals surface area contributed by atoms with Crippen molar-refractivity contribution in [3.63, 3.8) is 0 Å². The molecule has 1 amide bonds. The van der Waals surface area contributed by atoms with Crippen LogP contribution in [0.3, 0.4) is 0 Å². The Balaban J connectivity index is 1.65. The summed E-state index contributed by atoms with van der Waals surface area (Å²) in [5, 5.41) is 14.3. The molecule has 2 N–H and O–H groups in total. The minimum absolute atomic E-state index is 0.222. The van der Waals surface area contributed by atoms with Crippen LogP contribution >= 0.6 is 11.8 Å². The molecule has 0 bridgehead atoms. The number of thioether (sulfide) groups is 1. The molecule has 140 valence electrons. The van der Waals surface area contributed by atoms with Crippen LogP contribution in [-0.4, -0.2) is 39.2 Å². The van der Waals surface area contributed by atoms with Crippen LogP contribution in [0.25, 0.3) is 10.9 Å².